The molecule has 22 heavy (non-hydrogen) atoms. The molecule has 2 aromatic carbocycles. The zero-order valence-corrected chi connectivity index (χ0v) is 12.8. The molecular weight excluding hydrogens is 348 g/mol. The molecular formula is C17H9BrO4. The fourth-order valence-corrected chi connectivity index (χ4v) is 2.88. The first kappa shape index (κ1) is 13.2. The number of furan rings is 1. The van der Waals surface area contributed by atoms with Crippen molar-refractivity contribution >= 4 is 37.9 Å². The molecule has 0 saturated heterocycles. The first-order chi connectivity index (χ1) is 10.6. The zero-order valence-electron chi connectivity index (χ0n) is 11.2. The predicted octanol–water partition coefficient (Wildman–Crippen LogP) is 4.67. The third-order valence-corrected chi connectivity index (χ3v) is 3.96. The van der Waals surface area contributed by atoms with Gasteiger partial charge in [0.1, 0.15) is 22.7 Å². The second-order valence-electron chi connectivity index (χ2n) is 4.95. The largest absolute Gasteiger partial charge is 0.508 e. The van der Waals surface area contributed by atoms with Gasteiger partial charge < -0.3 is 13.9 Å². The molecule has 0 fully saturated rings. The summed E-state index contributed by atoms with van der Waals surface area (Å²) in [6, 6.07) is 13.5. The lowest BCUT2D eigenvalue weighted by molar-refractivity contribution is 0.475. The Morgan fingerprint density at radius 2 is 1.73 bits per heavy atom. The monoisotopic (exact) mass is 356 g/mol. The van der Waals surface area contributed by atoms with E-state index in [9.17, 15) is 9.90 Å². The molecule has 5 heteroatoms. The van der Waals surface area contributed by atoms with Crippen LogP contribution in [0.5, 0.6) is 5.75 Å². The standard InChI is InChI=1S/C17H9BrO4/c18-10-1-3-14-9(5-10)6-16(21-14)13-8-17(20)22-15-4-2-11(19)7-12(13)15/h1-8,19H. The number of rotatable bonds is 1. The third-order valence-electron chi connectivity index (χ3n) is 3.47. The second-order valence-corrected chi connectivity index (χ2v) is 5.87. The summed E-state index contributed by atoms with van der Waals surface area (Å²) in [5.41, 5.74) is 1.26. The Hall–Kier alpha value is -2.53. The molecule has 0 spiro atoms. The van der Waals surface area contributed by atoms with Crippen molar-refractivity contribution in [2.75, 3.05) is 0 Å². The van der Waals surface area contributed by atoms with Gasteiger partial charge in [-0.25, -0.2) is 4.79 Å². The van der Waals surface area contributed by atoms with E-state index in [0.717, 1.165) is 15.4 Å². The summed E-state index contributed by atoms with van der Waals surface area (Å²) in [5.74, 6) is 0.651. The number of hydrogen-bond acceptors (Lipinski definition) is 4. The van der Waals surface area contributed by atoms with Gasteiger partial charge in [0.25, 0.3) is 0 Å². The maximum Gasteiger partial charge on any atom is 0.336 e. The van der Waals surface area contributed by atoms with E-state index in [2.05, 4.69) is 15.9 Å². The number of aromatic hydroxyl groups is 1. The van der Waals surface area contributed by atoms with Crippen LogP contribution in [-0.2, 0) is 0 Å². The third kappa shape index (κ3) is 2.10. The van der Waals surface area contributed by atoms with Crippen LogP contribution in [0.1, 0.15) is 0 Å². The molecule has 0 unspecified atom stereocenters. The van der Waals surface area contributed by atoms with Crippen molar-refractivity contribution in [1.29, 1.82) is 0 Å². The summed E-state index contributed by atoms with van der Waals surface area (Å²) in [6.07, 6.45) is 0. The highest BCUT2D eigenvalue weighted by Crippen LogP contribution is 2.34. The average molecular weight is 357 g/mol. The minimum absolute atomic E-state index is 0.0986. The molecule has 0 radical (unpaired) electrons. The average Bonchev–Trinajstić information content (AvgIpc) is 2.89. The van der Waals surface area contributed by atoms with Gasteiger partial charge in [-0.15, -0.1) is 0 Å². The van der Waals surface area contributed by atoms with Crippen LogP contribution in [0.15, 0.2) is 66.6 Å². The molecule has 108 valence electrons. The second kappa shape index (κ2) is 4.74. The fourth-order valence-electron chi connectivity index (χ4n) is 2.50. The van der Waals surface area contributed by atoms with E-state index in [-0.39, 0.29) is 5.75 Å². The molecule has 2 aromatic heterocycles. The quantitative estimate of drug-likeness (QED) is 0.503. The van der Waals surface area contributed by atoms with Gasteiger partial charge in [0.05, 0.1) is 0 Å². The minimum atomic E-state index is -0.463. The van der Waals surface area contributed by atoms with E-state index in [1.165, 1.54) is 12.1 Å². The molecule has 1 N–H and O–H groups in total. The van der Waals surface area contributed by atoms with Crippen molar-refractivity contribution in [3.05, 3.63) is 63.4 Å². The van der Waals surface area contributed by atoms with Gasteiger partial charge in [-0.3, -0.25) is 0 Å². The smallest absolute Gasteiger partial charge is 0.336 e. The Kier molecular flexibility index (Phi) is 2.84. The van der Waals surface area contributed by atoms with Crippen LogP contribution in [0.25, 0.3) is 33.3 Å². The molecule has 0 aliphatic heterocycles. The van der Waals surface area contributed by atoms with Crippen LogP contribution in [0.3, 0.4) is 0 Å². The lowest BCUT2D eigenvalue weighted by Crippen LogP contribution is -1.97. The number of phenols is 1. The highest BCUT2D eigenvalue weighted by molar-refractivity contribution is 9.10. The van der Waals surface area contributed by atoms with E-state index in [1.54, 1.807) is 12.1 Å². The Morgan fingerprint density at radius 3 is 2.59 bits per heavy atom. The molecule has 4 rings (SSSR count). The first-order valence-corrected chi connectivity index (χ1v) is 7.36. The molecule has 0 aliphatic carbocycles. The summed E-state index contributed by atoms with van der Waals surface area (Å²) in [6.45, 7) is 0. The molecule has 4 aromatic rings. The van der Waals surface area contributed by atoms with E-state index >= 15 is 0 Å². The molecule has 0 amide bonds. The van der Waals surface area contributed by atoms with Crippen molar-refractivity contribution in [2.24, 2.45) is 0 Å². The van der Waals surface area contributed by atoms with Crippen LogP contribution < -0.4 is 5.63 Å². The van der Waals surface area contributed by atoms with Gasteiger partial charge in [0.15, 0.2) is 0 Å². The lowest BCUT2D eigenvalue weighted by Gasteiger charge is -2.02. The van der Waals surface area contributed by atoms with Crippen molar-refractivity contribution in [3.63, 3.8) is 0 Å². The van der Waals surface area contributed by atoms with Gasteiger partial charge in [-0.05, 0) is 42.5 Å². The van der Waals surface area contributed by atoms with Gasteiger partial charge >= 0.3 is 5.63 Å². The highest BCUT2D eigenvalue weighted by Gasteiger charge is 2.13. The van der Waals surface area contributed by atoms with E-state index in [1.807, 2.05) is 24.3 Å². The SMILES string of the molecule is O=c1cc(-c2cc3cc(Br)ccc3o2)c2cc(O)ccc2o1. The topological polar surface area (TPSA) is 63.6 Å². The van der Waals surface area contributed by atoms with Crippen LogP contribution >= 0.6 is 15.9 Å². The Morgan fingerprint density at radius 1 is 0.909 bits per heavy atom. The Bertz CT molecular complexity index is 1080. The summed E-state index contributed by atoms with van der Waals surface area (Å²) in [5, 5.41) is 11.2. The Balaban J connectivity index is 2.06. The van der Waals surface area contributed by atoms with E-state index in [0.29, 0.717) is 22.3 Å². The molecule has 0 bridgehead atoms. The molecule has 0 aliphatic rings. The fraction of sp³-hybridized carbons (Fsp3) is 0. The first-order valence-electron chi connectivity index (χ1n) is 6.56. The number of fused-ring (bicyclic) bond motifs is 2. The predicted molar refractivity (Wildman–Crippen MR) is 87.1 cm³/mol. The summed E-state index contributed by atoms with van der Waals surface area (Å²) in [7, 11) is 0. The molecule has 0 atom stereocenters. The molecule has 0 saturated carbocycles. The number of benzene rings is 2. The van der Waals surface area contributed by atoms with Crippen molar-refractivity contribution in [1.82, 2.24) is 0 Å². The highest BCUT2D eigenvalue weighted by atomic mass is 79.9. The molecule has 4 nitrogen and oxygen atoms in total. The maximum atomic E-state index is 11.8. The van der Waals surface area contributed by atoms with Crippen LogP contribution in [0.4, 0.5) is 0 Å². The summed E-state index contributed by atoms with van der Waals surface area (Å²) >= 11 is 3.42. The Labute approximate surface area is 132 Å². The summed E-state index contributed by atoms with van der Waals surface area (Å²) in [4.78, 5) is 11.8. The van der Waals surface area contributed by atoms with Gasteiger partial charge in [-0.1, -0.05) is 15.9 Å². The van der Waals surface area contributed by atoms with Gasteiger partial charge in [-0.2, -0.15) is 0 Å². The number of halogens is 1. The van der Waals surface area contributed by atoms with Crippen molar-refractivity contribution in [2.45, 2.75) is 0 Å². The normalized spacial score (nSPS) is 11.3. The number of hydrogen-bond donors (Lipinski definition) is 1. The number of phenolic OH excluding ortho intramolecular Hbond substituents is 1. The van der Waals surface area contributed by atoms with Gasteiger partial charge in [0.2, 0.25) is 0 Å². The zero-order chi connectivity index (χ0) is 15.3. The minimum Gasteiger partial charge on any atom is -0.508 e. The van der Waals surface area contributed by atoms with E-state index < -0.39 is 5.63 Å². The maximum absolute atomic E-state index is 11.8. The van der Waals surface area contributed by atoms with Crippen LogP contribution in [0.2, 0.25) is 0 Å². The molecule has 2 heterocycles. The van der Waals surface area contributed by atoms with Crippen molar-refractivity contribution in [3.8, 4) is 17.1 Å². The van der Waals surface area contributed by atoms with Crippen LogP contribution in [0, 0.1) is 0 Å². The van der Waals surface area contributed by atoms with Crippen LogP contribution in [-0.4, -0.2) is 5.11 Å². The summed E-state index contributed by atoms with van der Waals surface area (Å²) < 4.78 is 11.9. The van der Waals surface area contributed by atoms with Crippen molar-refractivity contribution < 1.29 is 13.9 Å². The lowest BCUT2D eigenvalue weighted by atomic mass is 10.1. The van der Waals surface area contributed by atoms with E-state index in [4.69, 9.17) is 8.83 Å². The van der Waals surface area contributed by atoms with Gasteiger partial charge in [0, 0.05) is 26.9 Å².